The molecule has 0 saturated carbocycles. The monoisotopic (exact) mass is 508 g/mol. The van der Waals surface area contributed by atoms with Crippen LogP contribution in [0, 0.1) is 0 Å². The van der Waals surface area contributed by atoms with Crippen LogP contribution < -0.4 is 9.64 Å². The fraction of sp³-hybridized carbons (Fsp3) is 0.0588. The van der Waals surface area contributed by atoms with Gasteiger partial charge in [-0.1, -0.05) is 78.9 Å². The summed E-state index contributed by atoms with van der Waals surface area (Å²) in [5, 5.41) is 1.63. The molecule has 1 aliphatic heterocycles. The molecule has 5 aromatic carbocycles. The minimum Gasteiger partial charge on any atom is -0.497 e. The number of fused-ring (bicyclic) bond motifs is 5. The summed E-state index contributed by atoms with van der Waals surface area (Å²) in [6.07, 6.45) is 0. The van der Waals surface area contributed by atoms with Gasteiger partial charge >= 0.3 is 0 Å². The summed E-state index contributed by atoms with van der Waals surface area (Å²) in [6, 6.07) is 35.0. The molecule has 0 N–H and O–H groups in total. The van der Waals surface area contributed by atoms with Crippen LogP contribution in [0.1, 0.15) is 20.7 Å². The molecule has 5 nitrogen and oxygen atoms in total. The fourth-order valence-electron chi connectivity index (χ4n) is 5.92. The molecular formula is C34H24N2O3. The van der Waals surface area contributed by atoms with E-state index in [2.05, 4.69) is 16.7 Å². The molecule has 0 saturated heterocycles. The van der Waals surface area contributed by atoms with Crippen molar-refractivity contribution in [2.45, 2.75) is 0 Å². The molecule has 0 aliphatic carbocycles. The number of para-hydroxylation sites is 1. The van der Waals surface area contributed by atoms with E-state index in [1.54, 1.807) is 19.2 Å². The van der Waals surface area contributed by atoms with Crippen molar-refractivity contribution in [1.82, 2.24) is 4.57 Å². The molecule has 1 aliphatic rings. The van der Waals surface area contributed by atoms with Crippen LogP contribution in [0.25, 0.3) is 44.1 Å². The van der Waals surface area contributed by atoms with Crippen molar-refractivity contribution in [1.29, 1.82) is 0 Å². The van der Waals surface area contributed by atoms with Crippen molar-refractivity contribution in [3.63, 3.8) is 0 Å². The van der Waals surface area contributed by atoms with Gasteiger partial charge in [-0.25, -0.2) is 4.90 Å². The molecule has 39 heavy (non-hydrogen) atoms. The largest absolute Gasteiger partial charge is 0.497 e. The Balaban J connectivity index is 1.73. The van der Waals surface area contributed by atoms with E-state index in [4.69, 9.17) is 4.74 Å². The second kappa shape index (κ2) is 8.71. The summed E-state index contributed by atoms with van der Waals surface area (Å²) in [5.74, 6) is 0.0474. The number of benzene rings is 5. The van der Waals surface area contributed by atoms with Gasteiger partial charge in [-0.15, -0.1) is 0 Å². The van der Waals surface area contributed by atoms with E-state index >= 15 is 0 Å². The Hall–Kier alpha value is -5.16. The van der Waals surface area contributed by atoms with Crippen molar-refractivity contribution in [2.24, 2.45) is 7.05 Å². The predicted octanol–water partition coefficient (Wildman–Crippen LogP) is 7.47. The minimum absolute atomic E-state index is 0.320. The summed E-state index contributed by atoms with van der Waals surface area (Å²) < 4.78 is 7.70. The van der Waals surface area contributed by atoms with Crippen molar-refractivity contribution in [3.8, 4) is 28.0 Å². The van der Waals surface area contributed by atoms with Crippen LogP contribution in [0.3, 0.4) is 0 Å². The third-order valence-electron chi connectivity index (χ3n) is 7.62. The highest BCUT2D eigenvalue weighted by molar-refractivity contribution is 6.42. The van der Waals surface area contributed by atoms with E-state index < -0.39 is 0 Å². The molecule has 0 radical (unpaired) electrons. The highest BCUT2D eigenvalue weighted by Gasteiger charge is 2.43. The van der Waals surface area contributed by atoms with Crippen molar-refractivity contribution in [2.75, 3.05) is 12.0 Å². The molecule has 0 atom stereocenters. The Morgan fingerprint density at radius 1 is 0.615 bits per heavy atom. The van der Waals surface area contributed by atoms with Crippen LogP contribution in [0.5, 0.6) is 5.75 Å². The highest BCUT2D eigenvalue weighted by Crippen LogP contribution is 2.49. The maximum Gasteiger partial charge on any atom is 0.266 e. The lowest BCUT2D eigenvalue weighted by Crippen LogP contribution is -2.29. The quantitative estimate of drug-likeness (QED) is 0.232. The number of aryl methyl sites for hydroxylation is 1. The van der Waals surface area contributed by atoms with E-state index in [9.17, 15) is 9.59 Å². The van der Waals surface area contributed by atoms with Gasteiger partial charge in [-0.3, -0.25) is 9.59 Å². The molecule has 0 unspecified atom stereocenters. The van der Waals surface area contributed by atoms with Crippen LogP contribution >= 0.6 is 0 Å². The molecule has 0 bridgehead atoms. The Morgan fingerprint density at radius 3 is 1.79 bits per heavy atom. The maximum absolute atomic E-state index is 14.4. The first-order valence-electron chi connectivity index (χ1n) is 12.8. The van der Waals surface area contributed by atoms with Gasteiger partial charge in [0.1, 0.15) is 5.75 Å². The van der Waals surface area contributed by atoms with Crippen molar-refractivity contribution in [3.05, 3.63) is 120 Å². The first kappa shape index (κ1) is 23.0. The van der Waals surface area contributed by atoms with Gasteiger partial charge in [-0.05, 0) is 41.5 Å². The van der Waals surface area contributed by atoms with E-state index in [0.29, 0.717) is 22.6 Å². The van der Waals surface area contributed by atoms with Crippen molar-refractivity contribution >= 4 is 39.3 Å². The fourth-order valence-corrected chi connectivity index (χ4v) is 5.92. The normalized spacial score (nSPS) is 12.9. The van der Waals surface area contributed by atoms with Gasteiger partial charge in [0, 0.05) is 34.5 Å². The zero-order valence-corrected chi connectivity index (χ0v) is 21.5. The summed E-state index contributed by atoms with van der Waals surface area (Å²) in [4.78, 5) is 30.0. The first-order chi connectivity index (χ1) is 19.1. The number of hydrogen-bond donors (Lipinski definition) is 0. The Labute approximate surface area is 225 Å². The molecule has 2 heterocycles. The molecule has 0 fully saturated rings. The summed E-state index contributed by atoms with van der Waals surface area (Å²) in [5.41, 5.74) is 6.80. The zero-order chi connectivity index (χ0) is 26.7. The minimum atomic E-state index is -0.321. The van der Waals surface area contributed by atoms with Gasteiger partial charge in [0.15, 0.2) is 0 Å². The number of hydrogen-bond acceptors (Lipinski definition) is 3. The second-order valence-corrected chi connectivity index (χ2v) is 9.68. The number of aromatic nitrogens is 1. The number of anilines is 1. The molecule has 2 amide bonds. The Morgan fingerprint density at radius 2 is 1.18 bits per heavy atom. The zero-order valence-electron chi connectivity index (χ0n) is 21.5. The third-order valence-corrected chi connectivity index (χ3v) is 7.62. The third kappa shape index (κ3) is 3.26. The van der Waals surface area contributed by atoms with E-state index in [1.807, 2.05) is 92.0 Å². The van der Waals surface area contributed by atoms with Gasteiger partial charge in [-0.2, -0.15) is 0 Å². The standard InChI is InChI=1S/C34H24N2O3/c1-35-26-19-18-24(39-2)20-25(26)29-31-30(33(37)36(34(31)38)23-16-10-5-11-17-23)27(21-12-6-3-7-13-21)28(32(29)35)22-14-8-4-9-15-22/h3-20H,1-2H3. The highest BCUT2D eigenvalue weighted by atomic mass is 16.5. The van der Waals surface area contributed by atoms with Crippen LogP contribution in [0.15, 0.2) is 109 Å². The van der Waals surface area contributed by atoms with Gasteiger partial charge in [0.05, 0.1) is 29.4 Å². The molecule has 6 aromatic rings. The molecular weight excluding hydrogens is 484 g/mol. The number of carbonyl (C=O) groups excluding carboxylic acids is 2. The number of ether oxygens (including phenoxy) is 1. The number of nitrogens with zero attached hydrogens (tertiary/aromatic N) is 2. The maximum atomic E-state index is 14.4. The topological polar surface area (TPSA) is 51.5 Å². The van der Waals surface area contributed by atoms with Crippen LogP contribution in [0.4, 0.5) is 5.69 Å². The van der Waals surface area contributed by atoms with Crippen LogP contribution in [-0.4, -0.2) is 23.5 Å². The number of methoxy groups -OCH3 is 1. The first-order valence-corrected chi connectivity index (χ1v) is 12.8. The lowest BCUT2D eigenvalue weighted by atomic mass is 9.85. The number of carbonyl (C=O) groups is 2. The summed E-state index contributed by atoms with van der Waals surface area (Å²) in [6.45, 7) is 0. The number of amides is 2. The van der Waals surface area contributed by atoms with Gasteiger partial charge in [0.2, 0.25) is 0 Å². The summed E-state index contributed by atoms with van der Waals surface area (Å²) >= 11 is 0. The molecule has 7 rings (SSSR count). The average Bonchev–Trinajstić information content (AvgIpc) is 3.42. The van der Waals surface area contributed by atoms with E-state index in [1.165, 1.54) is 4.90 Å². The van der Waals surface area contributed by atoms with E-state index in [0.717, 1.165) is 44.1 Å². The second-order valence-electron chi connectivity index (χ2n) is 9.68. The molecule has 188 valence electrons. The average molecular weight is 509 g/mol. The lowest BCUT2D eigenvalue weighted by Gasteiger charge is -2.17. The Bertz CT molecular complexity index is 1920. The Kier molecular flexibility index (Phi) is 5.13. The predicted molar refractivity (Wildman–Crippen MR) is 155 cm³/mol. The lowest BCUT2D eigenvalue weighted by molar-refractivity contribution is 0.0927. The SMILES string of the molecule is COc1ccc2c(c1)c1c3c(c(-c4ccccc4)c(-c4ccccc4)c1n2C)C(=O)N(c1ccccc1)C3=O. The molecule has 5 heteroatoms. The van der Waals surface area contributed by atoms with Crippen LogP contribution in [0.2, 0.25) is 0 Å². The van der Waals surface area contributed by atoms with Gasteiger partial charge < -0.3 is 9.30 Å². The van der Waals surface area contributed by atoms with E-state index in [-0.39, 0.29) is 11.8 Å². The van der Waals surface area contributed by atoms with Crippen LogP contribution in [-0.2, 0) is 7.05 Å². The number of rotatable bonds is 4. The van der Waals surface area contributed by atoms with Crippen molar-refractivity contribution < 1.29 is 14.3 Å². The molecule has 0 spiro atoms. The summed E-state index contributed by atoms with van der Waals surface area (Å²) in [7, 11) is 3.65. The smallest absolute Gasteiger partial charge is 0.266 e. The van der Waals surface area contributed by atoms with Gasteiger partial charge in [0.25, 0.3) is 11.8 Å². The number of imide groups is 1. The molecule has 1 aromatic heterocycles.